The first kappa shape index (κ1) is 37.7. The van der Waals surface area contributed by atoms with E-state index in [1.54, 1.807) is 11.1 Å². The molecule has 328 valence electrons. The molecule has 0 unspecified atom stereocenters. The Morgan fingerprint density at radius 1 is 0.229 bits per heavy atom. The summed E-state index contributed by atoms with van der Waals surface area (Å²) in [5.41, 5.74) is 21.5. The minimum Gasteiger partial charge on any atom is -0.309 e. The van der Waals surface area contributed by atoms with E-state index < -0.39 is 0 Å². The van der Waals surface area contributed by atoms with E-state index in [0.29, 0.717) is 10.8 Å². The number of nitrogens with zero attached hydrogens (tertiary/aromatic N) is 2. The van der Waals surface area contributed by atoms with E-state index in [1.165, 1.54) is 99.5 Å². The van der Waals surface area contributed by atoms with Gasteiger partial charge in [0.2, 0.25) is 0 Å². The topological polar surface area (TPSA) is 9.86 Å². The lowest BCUT2D eigenvalue weighted by atomic mass is 8.91. The predicted molar refractivity (Wildman–Crippen MR) is 288 cm³/mol. The van der Waals surface area contributed by atoms with Gasteiger partial charge < -0.3 is 9.13 Å². The summed E-state index contributed by atoms with van der Waals surface area (Å²) in [5, 5.41) is 5.16. The van der Waals surface area contributed by atoms with Crippen molar-refractivity contribution in [3.05, 3.63) is 254 Å². The van der Waals surface area contributed by atoms with Crippen LogP contribution in [0.3, 0.4) is 0 Å². The second kappa shape index (κ2) is 13.3. The summed E-state index contributed by atoms with van der Waals surface area (Å²) < 4.78 is 4.92. The lowest BCUT2D eigenvalue weighted by Gasteiger charge is -3.12. The summed E-state index contributed by atoms with van der Waals surface area (Å²) >= 11 is 0. The molecule has 2 aromatic heterocycles. The number of hydrogen-bond donors (Lipinski definition) is 0. The molecule has 6 aliphatic carbocycles. The first-order chi connectivity index (χ1) is 34.7. The maximum Gasteiger partial charge on any atom is 0.0547 e. The molecule has 6 aliphatic rings. The zero-order chi connectivity index (χ0) is 45.5. The zero-order valence-corrected chi connectivity index (χ0v) is 38.5. The van der Waals surface area contributed by atoms with Crippen molar-refractivity contribution in [3.63, 3.8) is 0 Å². The number of para-hydroxylation sites is 2. The predicted octanol–water partition coefficient (Wildman–Crippen LogP) is 16.5. The molecular weight excluding hydrogens is 845 g/mol. The number of rotatable bonds is 8. The quantitative estimate of drug-likeness (QED) is 0.144. The molecule has 0 spiro atoms. The van der Waals surface area contributed by atoms with Gasteiger partial charge in [-0.2, -0.15) is 0 Å². The molecule has 0 radical (unpaired) electrons. The molecule has 0 N–H and O–H groups in total. The van der Waals surface area contributed by atoms with Crippen molar-refractivity contribution >= 4 is 43.6 Å². The van der Waals surface area contributed by atoms with Crippen molar-refractivity contribution in [2.45, 2.75) is 10.8 Å². The van der Waals surface area contributed by atoms with Gasteiger partial charge in [0, 0.05) is 43.7 Å². The molecule has 2 heterocycles. The zero-order valence-electron chi connectivity index (χ0n) is 38.5. The molecule has 0 amide bonds. The number of hydrogen-bond acceptors (Lipinski definition) is 0. The van der Waals surface area contributed by atoms with Crippen molar-refractivity contribution in [2.75, 3.05) is 0 Å². The minimum atomic E-state index is 0.439. The summed E-state index contributed by atoms with van der Waals surface area (Å²) in [7, 11) is 0. The van der Waals surface area contributed by atoms with E-state index in [4.69, 9.17) is 0 Å². The van der Waals surface area contributed by atoms with E-state index in [1.807, 2.05) is 0 Å². The van der Waals surface area contributed by atoms with Gasteiger partial charge in [0.05, 0.1) is 22.1 Å². The minimum absolute atomic E-state index is 0.439. The molecule has 2 nitrogen and oxygen atoms in total. The van der Waals surface area contributed by atoms with Crippen LogP contribution >= 0.6 is 0 Å². The Labute approximate surface area is 406 Å². The Morgan fingerprint density at radius 3 is 0.957 bits per heavy atom. The van der Waals surface area contributed by atoms with E-state index in [2.05, 4.69) is 252 Å². The summed E-state index contributed by atoms with van der Waals surface area (Å²) in [6.45, 7) is 0. The van der Waals surface area contributed by atoms with Crippen molar-refractivity contribution in [1.29, 1.82) is 0 Å². The second-order valence-corrected chi connectivity index (χ2v) is 21.2. The van der Waals surface area contributed by atoms with E-state index in [0.717, 1.165) is 35.5 Å². The smallest absolute Gasteiger partial charge is 0.0547 e. The lowest BCUT2D eigenvalue weighted by Crippen LogP contribution is -3.12. The standard InChI is InChI=1S/C68H46N2/c1-3-13-41(14-4-1)45-17-11-19-51(37-45)69-57-23-9-7-21-53(57)55-35-29-47(39-59(55)69)43-25-31-49(32-26-43)67-61-64-62(67)66-63(67)65(61)68(64,66)50-33-27-44(28-34-50)48-30-36-56-54-22-8-10-24-58(54)70(60(56)40-48)52-20-12-18-46(38-52)42-15-5-2-6-16-42/h1-40,61-66H. The normalized spacial score (nSPS) is 25.0. The molecule has 0 aliphatic heterocycles. The molecule has 10 aromatic carbocycles. The maximum atomic E-state index is 2.51. The van der Waals surface area contributed by atoms with E-state index in [9.17, 15) is 0 Å². The number of aromatic nitrogens is 2. The Morgan fingerprint density at radius 2 is 0.543 bits per heavy atom. The van der Waals surface area contributed by atoms with Gasteiger partial charge in [-0.05, 0) is 140 Å². The molecule has 70 heavy (non-hydrogen) atoms. The summed E-state index contributed by atoms with van der Waals surface area (Å²) in [6, 6.07) is 91.1. The van der Waals surface area contributed by atoms with Gasteiger partial charge in [-0.3, -0.25) is 0 Å². The maximum absolute atomic E-state index is 2.51. The number of benzene rings is 10. The lowest BCUT2D eigenvalue weighted by molar-refractivity contribution is -0.596. The SMILES string of the molecule is c1ccc(-c2cccc(-n3c4ccccc4c4ccc(-c5ccc(C67C8C9C6C6C7C8C96c6ccc(-c7ccc8c9ccccc9n(-c9cccc(-c%10ccccc%10)c9)c8c7)cc6)cc5)cc43)c2)cc1. The third kappa shape index (κ3) is 4.44. The average molecular weight is 891 g/mol. The van der Waals surface area contributed by atoms with Crippen molar-refractivity contribution in [1.82, 2.24) is 9.13 Å². The molecule has 0 atom stereocenters. The van der Waals surface area contributed by atoms with Gasteiger partial charge >= 0.3 is 0 Å². The molecular formula is C68H46N2. The van der Waals surface area contributed by atoms with Crippen molar-refractivity contribution < 1.29 is 0 Å². The van der Waals surface area contributed by atoms with Gasteiger partial charge in [-0.1, -0.05) is 194 Å². The van der Waals surface area contributed by atoms with Crippen LogP contribution in [0.25, 0.3) is 99.5 Å². The van der Waals surface area contributed by atoms with Crippen LogP contribution in [0.4, 0.5) is 0 Å². The van der Waals surface area contributed by atoms with E-state index >= 15 is 0 Å². The Balaban J connectivity index is 0.652. The van der Waals surface area contributed by atoms with Crippen LogP contribution < -0.4 is 0 Å². The fourth-order valence-corrected chi connectivity index (χ4v) is 16.4. The molecule has 0 bridgehead atoms. The fraction of sp³-hybridized carbons (Fsp3) is 0.118. The summed E-state index contributed by atoms with van der Waals surface area (Å²) in [4.78, 5) is 0. The highest BCUT2D eigenvalue weighted by atomic mass is 15.1. The van der Waals surface area contributed by atoms with Gasteiger partial charge in [0.25, 0.3) is 0 Å². The second-order valence-electron chi connectivity index (χ2n) is 21.2. The van der Waals surface area contributed by atoms with Crippen LogP contribution in [-0.4, -0.2) is 9.13 Å². The molecule has 6 saturated carbocycles. The highest BCUT2D eigenvalue weighted by Gasteiger charge is 3.09. The van der Waals surface area contributed by atoms with Crippen LogP contribution in [0.5, 0.6) is 0 Å². The van der Waals surface area contributed by atoms with Crippen LogP contribution in [0.1, 0.15) is 11.1 Å². The monoisotopic (exact) mass is 890 g/mol. The van der Waals surface area contributed by atoms with Crippen LogP contribution in [0.15, 0.2) is 243 Å². The van der Waals surface area contributed by atoms with E-state index in [-0.39, 0.29) is 0 Å². The first-order valence-electron chi connectivity index (χ1n) is 25.3. The van der Waals surface area contributed by atoms with Crippen LogP contribution in [0.2, 0.25) is 0 Å². The molecule has 6 fully saturated rings. The Kier molecular flexibility index (Phi) is 7.18. The Bertz CT molecular complexity index is 3830. The third-order valence-electron chi connectivity index (χ3n) is 18.8. The Hall–Kier alpha value is -8.20. The van der Waals surface area contributed by atoms with Crippen molar-refractivity contribution in [2.24, 2.45) is 35.5 Å². The van der Waals surface area contributed by atoms with Gasteiger partial charge in [0.1, 0.15) is 0 Å². The number of fused-ring (bicyclic) bond motifs is 6. The molecule has 2 heteroatoms. The highest BCUT2D eigenvalue weighted by molar-refractivity contribution is 6.11. The van der Waals surface area contributed by atoms with Crippen molar-refractivity contribution in [3.8, 4) is 55.9 Å². The van der Waals surface area contributed by atoms with Crippen LogP contribution in [-0.2, 0) is 10.8 Å². The first-order valence-corrected chi connectivity index (χ1v) is 25.3. The fourth-order valence-electron chi connectivity index (χ4n) is 16.4. The van der Waals surface area contributed by atoms with Gasteiger partial charge in [-0.15, -0.1) is 0 Å². The van der Waals surface area contributed by atoms with Gasteiger partial charge in [0.15, 0.2) is 0 Å². The average Bonchev–Trinajstić information content (AvgIpc) is 4.06. The summed E-state index contributed by atoms with van der Waals surface area (Å²) in [5.74, 6) is 5.17. The highest BCUT2D eigenvalue weighted by Crippen LogP contribution is 3.09. The molecule has 12 aromatic rings. The molecule has 18 rings (SSSR count). The third-order valence-corrected chi connectivity index (χ3v) is 18.8. The van der Waals surface area contributed by atoms with Crippen LogP contribution in [0, 0.1) is 35.5 Å². The molecule has 0 saturated heterocycles. The summed E-state index contributed by atoms with van der Waals surface area (Å²) in [6.07, 6.45) is 0. The van der Waals surface area contributed by atoms with Gasteiger partial charge in [-0.25, -0.2) is 0 Å². The largest absolute Gasteiger partial charge is 0.309 e.